The molecule has 0 atom stereocenters. The number of benzene rings is 2. The number of thioether (sulfide) groups is 1. The minimum atomic E-state index is -0.137. The number of nitrogens with one attached hydrogen (secondary N) is 1. The van der Waals surface area contributed by atoms with Crippen LogP contribution >= 0.6 is 11.8 Å². The van der Waals surface area contributed by atoms with Gasteiger partial charge in [-0.2, -0.15) is 11.8 Å². The summed E-state index contributed by atoms with van der Waals surface area (Å²) in [6.45, 7) is 6.32. The second kappa shape index (κ2) is 10.8. The first-order valence-corrected chi connectivity index (χ1v) is 12.5. The molecule has 1 N–H and O–H groups in total. The van der Waals surface area contributed by atoms with Crippen LogP contribution in [0.5, 0.6) is 11.5 Å². The van der Waals surface area contributed by atoms with E-state index >= 15 is 0 Å². The third-order valence-corrected chi connectivity index (χ3v) is 6.82. The van der Waals surface area contributed by atoms with Gasteiger partial charge in [-0.15, -0.1) is 0 Å². The van der Waals surface area contributed by atoms with Crippen LogP contribution in [0.15, 0.2) is 48.7 Å². The van der Waals surface area contributed by atoms with Gasteiger partial charge < -0.3 is 19.7 Å². The molecule has 0 aliphatic carbocycles. The number of carbonyl (C=O) groups excluding carboxylic acids is 1. The number of ether oxygens (including phenoxy) is 2. The van der Waals surface area contributed by atoms with Crippen LogP contribution < -0.4 is 19.7 Å². The number of amides is 1. The van der Waals surface area contributed by atoms with Crippen molar-refractivity contribution in [2.45, 2.75) is 20.4 Å². The molecule has 1 saturated heterocycles. The fourth-order valence-electron chi connectivity index (χ4n) is 4.22. The Kier molecular flexibility index (Phi) is 7.63. The van der Waals surface area contributed by atoms with E-state index in [9.17, 15) is 4.79 Å². The van der Waals surface area contributed by atoms with E-state index in [1.807, 2.05) is 42.2 Å². The van der Waals surface area contributed by atoms with Crippen molar-refractivity contribution in [3.8, 4) is 22.6 Å². The Morgan fingerprint density at radius 3 is 2.35 bits per heavy atom. The lowest BCUT2D eigenvalue weighted by Gasteiger charge is -2.29. The van der Waals surface area contributed by atoms with Crippen molar-refractivity contribution in [2.24, 2.45) is 0 Å². The second-order valence-corrected chi connectivity index (χ2v) is 9.67. The number of nitrogens with zero attached hydrogens (tertiary/aromatic N) is 2. The molecule has 4 rings (SSSR count). The van der Waals surface area contributed by atoms with E-state index in [4.69, 9.17) is 14.5 Å². The van der Waals surface area contributed by atoms with Gasteiger partial charge in [0.2, 0.25) is 0 Å². The van der Waals surface area contributed by atoms with Crippen LogP contribution in [0.1, 0.15) is 27.0 Å². The van der Waals surface area contributed by atoms with Gasteiger partial charge in [0.05, 0.1) is 19.8 Å². The van der Waals surface area contributed by atoms with Gasteiger partial charge in [-0.1, -0.05) is 35.4 Å². The van der Waals surface area contributed by atoms with Gasteiger partial charge in [0.25, 0.3) is 5.91 Å². The van der Waals surface area contributed by atoms with Gasteiger partial charge in [-0.3, -0.25) is 4.79 Å². The number of rotatable bonds is 7. The van der Waals surface area contributed by atoms with Crippen molar-refractivity contribution in [3.63, 3.8) is 0 Å². The molecule has 1 amide bonds. The average Bonchev–Trinajstić information content (AvgIpc) is 2.86. The lowest BCUT2D eigenvalue weighted by Crippen LogP contribution is -2.35. The zero-order valence-corrected chi connectivity index (χ0v) is 21.0. The van der Waals surface area contributed by atoms with E-state index in [2.05, 4.69) is 42.3 Å². The molecule has 1 fully saturated rings. The van der Waals surface area contributed by atoms with Crippen LogP contribution in [-0.2, 0) is 6.54 Å². The van der Waals surface area contributed by atoms with Crippen LogP contribution in [0, 0.1) is 13.8 Å². The molecule has 1 aliphatic heterocycles. The number of methoxy groups -OCH3 is 2. The molecule has 0 radical (unpaired) electrons. The number of pyridine rings is 1. The Labute approximate surface area is 205 Å². The first kappa shape index (κ1) is 24.0. The van der Waals surface area contributed by atoms with Crippen molar-refractivity contribution in [3.05, 3.63) is 70.9 Å². The number of carbonyl (C=O) groups is 1. The van der Waals surface area contributed by atoms with Crippen LogP contribution in [0.25, 0.3) is 11.1 Å². The van der Waals surface area contributed by atoms with E-state index in [1.54, 1.807) is 14.2 Å². The molecule has 178 valence electrons. The summed E-state index contributed by atoms with van der Waals surface area (Å²) < 4.78 is 10.7. The number of anilines is 1. The molecule has 0 spiro atoms. The monoisotopic (exact) mass is 477 g/mol. The predicted molar refractivity (Wildman–Crippen MR) is 139 cm³/mol. The minimum Gasteiger partial charge on any atom is -0.493 e. The molecular weight excluding hydrogens is 446 g/mol. The maximum Gasteiger partial charge on any atom is 0.255 e. The van der Waals surface area contributed by atoms with Crippen molar-refractivity contribution in [1.82, 2.24) is 10.3 Å². The zero-order chi connectivity index (χ0) is 24.1. The smallest absolute Gasteiger partial charge is 0.255 e. The topological polar surface area (TPSA) is 63.7 Å². The predicted octanol–water partition coefficient (Wildman–Crippen LogP) is 4.87. The summed E-state index contributed by atoms with van der Waals surface area (Å²) in [4.78, 5) is 20.4. The third-order valence-electron chi connectivity index (χ3n) is 5.88. The molecule has 34 heavy (non-hydrogen) atoms. The minimum absolute atomic E-state index is 0.137. The number of hydrogen-bond acceptors (Lipinski definition) is 6. The molecule has 6 nitrogen and oxygen atoms in total. The molecule has 0 unspecified atom stereocenters. The molecule has 2 aromatic carbocycles. The lowest BCUT2D eigenvalue weighted by atomic mass is 10.0. The summed E-state index contributed by atoms with van der Waals surface area (Å²) in [5, 5.41) is 3.08. The van der Waals surface area contributed by atoms with E-state index < -0.39 is 0 Å². The lowest BCUT2D eigenvalue weighted by molar-refractivity contribution is 0.0951. The molecule has 1 aliphatic rings. The van der Waals surface area contributed by atoms with Gasteiger partial charge in [0, 0.05) is 42.9 Å². The quantitative estimate of drug-likeness (QED) is 0.524. The highest BCUT2D eigenvalue weighted by Crippen LogP contribution is 2.29. The maximum absolute atomic E-state index is 13.4. The van der Waals surface area contributed by atoms with E-state index in [1.165, 1.54) is 11.1 Å². The highest BCUT2D eigenvalue weighted by molar-refractivity contribution is 7.99. The number of aryl methyl sites for hydroxylation is 2. The third kappa shape index (κ3) is 5.47. The molecule has 1 aromatic heterocycles. The summed E-state index contributed by atoms with van der Waals surface area (Å²) in [6, 6.07) is 14.0. The van der Waals surface area contributed by atoms with Crippen molar-refractivity contribution in [1.29, 1.82) is 0 Å². The van der Waals surface area contributed by atoms with Gasteiger partial charge in [0.15, 0.2) is 11.5 Å². The number of hydrogen-bond donors (Lipinski definition) is 1. The fraction of sp³-hybridized carbons (Fsp3) is 0.333. The van der Waals surface area contributed by atoms with Gasteiger partial charge >= 0.3 is 0 Å². The van der Waals surface area contributed by atoms with E-state index in [-0.39, 0.29) is 5.91 Å². The van der Waals surface area contributed by atoms with Crippen LogP contribution in [0.3, 0.4) is 0 Å². The van der Waals surface area contributed by atoms with Gasteiger partial charge in [-0.05, 0) is 43.2 Å². The van der Waals surface area contributed by atoms with Gasteiger partial charge in [0.1, 0.15) is 5.82 Å². The SMILES string of the molecule is COc1ccc(CNC(=O)c2cc(-c3cc(C)cc(C)c3)cnc2N2CCSCC2)cc1OC. The van der Waals surface area contributed by atoms with Crippen LogP contribution in [0.2, 0.25) is 0 Å². The Bertz CT molecular complexity index is 1160. The Balaban J connectivity index is 1.63. The average molecular weight is 478 g/mol. The number of aromatic nitrogens is 1. The van der Waals surface area contributed by atoms with Crippen molar-refractivity contribution >= 4 is 23.5 Å². The first-order valence-electron chi connectivity index (χ1n) is 11.4. The summed E-state index contributed by atoms with van der Waals surface area (Å²) in [5.74, 6) is 3.98. The molecular formula is C27H31N3O3S. The molecule has 2 heterocycles. The Morgan fingerprint density at radius 1 is 0.971 bits per heavy atom. The Hall–Kier alpha value is -3.19. The summed E-state index contributed by atoms with van der Waals surface area (Å²) in [6.07, 6.45) is 1.89. The normalized spacial score (nSPS) is 13.5. The first-order chi connectivity index (χ1) is 16.5. The van der Waals surface area contributed by atoms with E-state index in [0.717, 1.165) is 47.1 Å². The largest absolute Gasteiger partial charge is 0.493 e. The molecule has 0 bridgehead atoms. The van der Waals surface area contributed by atoms with Crippen LogP contribution in [-0.4, -0.2) is 49.7 Å². The van der Waals surface area contributed by atoms with Crippen LogP contribution in [0.4, 0.5) is 5.82 Å². The second-order valence-electron chi connectivity index (χ2n) is 8.44. The molecule has 0 saturated carbocycles. The summed E-state index contributed by atoms with van der Waals surface area (Å²) in [5.41, 5.74) is 5.92. The summed E-state index contributed by atoms with van der Waals surface area (Å²) >= 11 is 1.93. The zero-order valence-electron chi connectivity index (χ0n) is 20.2. The molecule has 3 aromatic rings. The molecule has 7 heteroatoms. The standard InChI is InChI=1S/C27H31N3O3S/c1-18-11-19(2)13-21(12-18)22-15-23(26(28-17-22)30-7-9-34-10-8-30)27(31)29-16-20-5-6-24(32-3)25(14-20)33-4/h5-6,11-15,17H,7-10,16H2,1-4H3,(H,29,31). The highest BCUT2D eigenvalue weighted by Gasteiger charge is 2.21. The highest BCUT2D eigenvalue weighted by atomic mass is 32.2. The maximum atomic E-state index is 13.4. The Morgan fingerprint density at radius 2 is 1.68 bits per heavy atom. The van der Waals surface area contributed by atoms with E-state index in [0.29, 0.717) is 23.6 Å². The van der Waals surface area contributed by atoms with Crippen molar-refractivity contribution < 1.29 is 14.3 Å². The van der Waals surface area contributed by atoms with Crippen molar-refractivity contribution in [2.75, 3.05) is 43.7 Å². The fourth-order valence-corrected chi connectivity index (χ4v) is 5.12. The summed E-state index contributed by atoms with van der Waals surface area (Å²) in [7, 11) is 3.21. The van der Waals surface area contributed by atoms with Gasteiger partial charge in [-0.25, -0.2) is 4.98 Å².